The topological polar surface area (TPSA) is 67.3 Å². The van der Waals surface area contributed by atoms with Crippen LogP contribution in [-0.2, 0) is 6.54 Å². The Morgan fingerprint density at radius 3 is 2.73 bits per heavy atom. The molecule has 5 nitrogen and oxygen atoms in total. The van der Waals surface area contributed by atoms with E-state index in [-0.39, 0.29) is 0 Å². The molecule has 3 N–H and O–H groups in total. The van der Waals surface area contributed by atoms with Gasteiger partial charge in [0.1, 0.15) is 0 Å². The van der Waals surface area contributed by atoms with E-state index in [1.807, 2.05) is 7.05 Å². The third-order valence-electron chi connectivity index (χ3n) is 2.54. The van der Waals surface area contributed by atoms with Crippen molar-refractivity contribution in [1.29, 1.82) is 0 Å². The molecule has 0 aliphatic rings. The number of aliphatic hydroxyl groups is 1. The molecule has 0 aromatic carbocycles. The summed E-state index contributed by atoms with van der Waals surface area (Å²) in [5.74, 6) is 0.446. The Labute approximate surface area is 90.5 Å². The number of hydrogen-bond donors (Lipinski definition) is 2. The van der Waals surface area contributed by atoms with E-state index in [1.54, 1.807) is 17.0 Å². The third-order valence-corrected chi connectivity index (χ3v) is 2.54. The van der Waals surface area contributed by atoms with Crippen molar-refractivity contribution in [3.63, 3.8) is 0 Å². The minimum Gasteiger partial charge on any atom is -0.390 e. The van der Waals surface area contributed by atoms with Gasteiger partial charge in [0.15, 0.2) is 5.95 Å². The van der Waals surface area contributed by atoms with Gasteiger partial charge in [-0.2, -0.15) is 0 Å². The van der Waals surface area contributed by atoms with Crippen LogP contribution in [0.25, 0.3) is 0 Å². The molecule has 1 atom stereocenters. The lowest BCUT2D eigenvalue weighted by atomic mass is 10.2. The van der Waals surface area contributed by atoms with Gasteiger partial charge in [0.2, 0.25) is 0 Å². The summed E-state index contributed by atoms with van der Waals surface area (Å²) in [5, 5.41) is 9.82. The molecule has 0 aliphatic carbocycles. The van der Waals surface area contributed by atoms with Crippen LogP contribution in [0.3, 0.4) is 0 Å². The lowest BCUT2D eigenvalue weighted by molar-refractivity contribution is 0.0978. The summed E-state index contributed by atoms with van der Waals surface area (Å²) in [6, 6.07) is 0.430. The Kier molecular flexibility index (Phi) is 4.11. The Bertz CT molecular complexity index is 297. The fourth-order valence-electron chi connectivity index (χ4n) is 1.32. The average molecular weight is 212 g/mol. The predicted molar refractivity (Wildman–Crippen MR) is 60.4 cm³/mol. The first-order valence-electron chi connectivity index (χ1n) is 5.15. The lowest BCUT2D eigenvalue weighted by Gasteiger charge is -2.24. The maximum atomic E-state index is 9.82. The number of hydrogen-bond acceptors (Lipinski definition) is 4. The smallest absolute Gasteiger partial charge is 0.200 e. The molecule has 1 heterocycles. The number of rotatable bonds is 5. The highest BCUT2D eigenvalue weighted by molar-refractivity contribution is 5.16. The van der Waals surface area contributed by atoms with E-state index < -0.39 is 6.10 Å². The van der Waals surface area contributed by atoms with Crippen molar-refractivity contribution in [2.45, 2.75) is 32.5 Å². The second kappa shape index (κ2) is 5.14. The summed E-state index contributed by atoms with van der Waals surface area (Å²) in [7, 11) is 1.99. The number of nitrogens with zero attached hydrogens (tertiary/aromatic N) is 3. The molecule has 15 heavy (non-hydrogen) atoms. The van der Waals surface area contributed by atoms with Gasteiger partial charge < -0.3 is 20.3 Å². The molecule has 0 saturated heterocycles. The van der Waals surface area contributed by atoms with Crippen molar-refractivity contribution in [2.24, 2.45) is 0 Å². The first-order valence-corrected chi connectivity index (χ1v) is 5.15. The molecule has 0 aliphatic heterocycles. The molecule has 0 radical (unpaired) electrons. The van der Waals surface area contributed by atoms with E-state index in [4.69, 9.17) is 5.73 Å². The number of aliphatic hydroxyl groups excluding tert-OH is 1. The third kappa shape index (κ3) is 3.53. The van der Waals surface area contributed by atoms with Crippen LogP contribution in [0, 0.1) is 0 Å². The second-order valence-electron chi connectivity index (χ2n) is 4.12. The van der Waals surface area contributed by atoms with Gasteiger partial charge in [-0.3, -0.25) is 0 Å². The number of likely N-dealkylation sites (N-methyl/N-ethyl adjacent to an activating group) is 1. The Morgan fingerprint density at radius 1 is 1.60 bits per heavy atom. The lowest BCUT2D eigenvalue weighted by Crippen LogP contribution is -2.36. The van der Waals surface area contributed by atoms with Gasteiger partial charge in [0, 0.05) is 25.0 Å². The van der Waals surface area contributed by atoms with Gasteiger partial charge in [0.25, 0.3) is 0 Å². The zero-order valence-corrected chi connectivity index (χ0v) is 9.59. The molecule has 0 bridgehead atoms. The maximum Gasteiger partial charge on any atom is 0.200 e. The van der Waals surface area contributed by atoms with Crippen LogP contribution >= 0.6 is 0 Å². The van der Waals surface area contributed by atoms with E-state index >= 15 is 0 Å². The van der Waals surface area contributed by atoms with Crippen molar-refractivity contribution in [2.75, 3.05) is 19.3 Å². The van der Waals surface area contributed by atoms with E-state index in [2.05, 4.69) is 23.7 Å². The molecule has 0 spiro atoms. The fourth-order valence-corrected chi connectivity index (χ4v) is 1.32. The molecule has 0 fully saturated rings. The van der Waals surface area contributed by atoms with Gasteiger partial charge >= 0.3 is 0 Å². The summed E-state index contributed by atoms with van der Waals surface area (Å²) < 4.78 is 1.75. The van der Waals surface area contributed by atoms with E-state index in [0.717, 1.165) is 0 Å². The monoisotopic (exact) mass is 212 g/mol. The van der Waals surface area contributed by atoms with Crippen molar-refractivity contribution < 1.29 is 5.11 Å². The van der Waals surface area contributed by atoms with Crippen LogP contribution in [-0.4, -0.2) is 45.3 Å². The number of imidazole rings is 1. The second-order valence-corrected chi connectivity index (χ2v) is 4.12. The zero-order valence-electron chi connectivity index (χ0n) is 9.59. The number of nitrogen functional groups attached to an aromatic ring is 1. The average Bonchev–Trinajstić information content (AvgIpc) is 2.51. The molecule has 5 heteroatoms. The number of nitrogens with two attached hydrogens (primary N) is 1. The molecule has 1 rings (SSSR count). The molecule has 0 saturated carbocycles. The standard InChI is InChI=1S/C10H20N4O/c1-8(2)13(3)6-9(15)7-14-5-4-12-10(14)11/h4-5,8-9,15H,6-7H2,1-3H3,(H2,11,12). The summed E-state index contributed by atoms with van der Waals surface area (Å²) >= 11 is 0. The van der Waals surface area contributed by atoms with Crippen molar-refractivity contribution >= 4 is 5.95 Å². The van der Waals surface area contributed by atoms with Crippen LogP contribution in [0.15, 0.2) is 12.4 Å². The molecular weight excluding hydrogens is 192 g/mol. The quantitative estimate of drug-likeness (QED) is 0.730. The molecule has 86 valence electrons. The Balaban J connectivity index is 2.43. The number of aromatic nitrogens is 2. The Morgan fingerprint density at radius 2 is 2.27 bits per heavy atom. The summed E-state index contributed by atoms with van der Waals surface area (Å²) in [6.07, 6.45) is 2.98. The van der Waals surface area contributed by atoms with Crippen molar-refractivity contribution in [3.05, 3.63) is 12.4 Å². The summed E-state index contributed by atoms with van der Waals surface area (Å²) in [6.45, 7) is 5.31. The first-order chi connectivity index (χ1) is 7.00. The predicted octanol–water partition coefficient (Wildman–Crippen LogP) is 0.166. The van der Waals surface area contributed by atoms with Crippen molar-refractivity contribution in [1.82, 2.24) is 14.5 Å². The summed E-state index contributed by atoms with van der Waals surface area (Å²) in [5.41, 5.74) is 5.61. The largest absolute Gasteiger partial charge is 0.390 e. The van der Waals surface area contributed by atoms with Gasteiger partial charge in [-0.15, -0.1) is 0 Å². The van der Waals surface area contributed by atoms with E-state index in [9.17, 15) is 5.11 Å². The zero-order chi connectivity index (χ0) is 11.4. The van der Waals surface area contributed by atoms with E-state index in [1.165, 1.54) is 0 Å². The highest BCUT2D eigenvalue weighted by Gasteiger charge is 2.11. The fraction of sp³-hybridized carbons (Fsp3) is 0.700. The SMILES string of the molecule is CC(C)N(C)CC(O)Cn1ccnc1N. The Hall–Kier alpha value is -1.07. The highest BCUT2D eigenvalue weighted by atomic mass is 16.3. The molecular formula is C10H20N4O. The number of anilines is 1. The molecule has 0 amide bonds. The van der Waals surface area contributed by atoms with Crippen LogP contribution < -0.4 is 5.73 Å². The highest BCUT2D eigenvalue weighted by Crippen LogP contribution is 2.03. The van der Waals surface area contributed by atoms with Gasteiger partial charge in [-0.05, 0) is 20.9 Å². The van der Waals surface area contributed by atoms with Crippen molar-refractivity contribution in [3.8, 4) is 0 Å². The first kappa shape index (κ1) is 12.0. The molecule has 1 aromatic heterocycles. The van der Waals surface area contributed by atoms with Crippen LogP contribution in [0.4, 0.5) is 5.95 Å². The van der Waals surface area contributed by atoms with Gasteiger partial charge in [-0.25, -0.2) is 4.98 Å². The minimum atomic E-state index is -0.422. The van der Waals surface area contributed by atoms with Crippen LogP contribution in [0.2, 0.25) is 0 Å². The maximum absolute atomic E-state index is 9.82. The van der Waals surface area contributed by atoms with E-state index in [0.29, 0.717) is 25.1 Å². The molecule has 1 unspecified atom stereocenters. The normalized spacial score (nSPS) is 13.7. The molecule has 1 aromatic rings. The van der Waals surface area contributed by atoms with Gasteiger partial charge in [0.05, 0.1) is 12.6 Å². The minimum absolute atomic E-state index is 0.422. The van der Waals surface area contributed by atoms with Crippen LogP contribution in [0.5, 0.6) is 0 Å². The van der Waals surface area contributed by atoms with Gasteiger partial charge in [-0.1, -0.05) is 0 Å². The summed E-state index contributed by atoms with van der Waals surface area (Å²) in [4.78, 5) is 5.99. The van der Waals surface area contributed by atoms with Crippen LogP contribution in [0.1, 0.15) is 13.8 Å².